The van der Waals surface area contributed by atoms with Crippen molar-refractivity contribution < 1.29 is 18.7 Å². The maximum Gasteiger partial charge on any atom is 0.258 e. The van der Waals surface area contributed by atoms with Gasteiger partial charge in [-0.2, -0.15) is 0 Å². The van der Waals surface area contributed by atoms with Gasteiger partial charge >= 0.3 is 0 Å². The van der Waals surface area contributed by atoms with E-state index in [1.165, 1.54) is 11.8 Å². The molecule has 5 heteroatoms. The molecule has 0 radical (unpaired) electrons. The minimum absolute atomic E-state index is 0.114. The lowest BCUT2D eigenvalue weighted by Crippen LogP contribution is -2.28. The van der Waals surface area contributed by atoms with Crippen LogP contribution in [0.5, 0.6) is 5.75 Å². The van der Waals surface area contributed by atoms with Gasteiger partial charge in [0.25, 0.3) is 5.91 Å². The summed E-state index contributed by atoms with van der Waals surface area (Å²) in [5, 5.41) is 3.49. The Kier molecular flexibility index (Phi) is 5.61. The molecule has 0 aliphatic rings. The highest BCUT2D eigenvalue weighted by molar-refractivity contribution is 6.16. The molecule has 1 aromatic heterocycles. The van der Waals surface area contributed by atoms with E-state index in [9.17, 15) is 9.59 Å². The second-order valence-corrected chi connectivity index (χ2v) is 7.05. The molecule has 0 unspecified atom stereocenters. The maximum atomic E-state index is 12.8. The average Bonchev–Trinajstić information content (AvgIpc) is 3.20. The Morgan fingerprint density at radius 3 is 2.50 bits per heavy atom. The first-order chi connectivity index (χ1) is 14.6. The Bertz CT molecular complexity index is 1180. The highest BCUT2D eigenvalue weighted by Gasteiger charge is 2.16. The fraction of sp³-hybridized carbons (Fsp3) is 0.120. The zero-order chi connectivity index (χ0) is 20.9. The van der Waals surface area contributed by atoms with E-state index in [2.05, 4.69) is 5.32 Å². The zero-order valence-electron chi connectivity index (χ0n) is 16.6. The second kappa shape index (κ2) is 8.66. The summed E-state index contributed by atoms with van der Waals surface area (Å²) in [5.74, 6) is 0.155. The molecule has 0 fully saturated rings. The fourth-order valence-corrected chi connectivity index (χ4v) is 3.13. The molecule has 3 aromatic carbocycles. The van der Waals surface area contributed by atoms with Gasteiger partial charge in [0, 0.05) is 17.5 Å². The van der Waals surface area contributed by atoms with Crippen molar-refractivity contribution in [3.05, 3.63) is 101 Å². The lowest BCUT2D eigenvalue weighted by molar-refractivity contribution is -0.123. The number of rotatable bonds is 7. The van der Waals surface area contributed by atoms with Crippen molar-refractivity contribution in [1.82, 2.24) is 5.32 Å². The van der Waals surface area contributed by atoms with E-state index in [4.69, 9.17) is 9.15 Å². The quantitative estimate of drug-likeness (QED) is 0.459. The number of aryl methyl sites for hydroxylation is 1. The van der Waals surface area contributed by atoms with Gasteiger partial charge < -0.3 is 14.5 Å². The number of hydrogen-bond acceptors (Lipinski definition) is 4. The summed E-state index contributed by atoms with van der Waals surface area (Å²) in [5.41, 5.74) is 3.84. The number of ether oxygens (including phenoxy) is 1. The third kappa shape index (κ3) is 4.41. The molecule has 0 aliphatic carbocycles. The van der Waals surface area contributed by atoms with Crippen molar-refractivity contribution in [2.24, 2.45) is 0 Å². The summed E-state index contributed by atoms with van der Waals surface area (Å²) >= 11 is 0. The molecule has 0 atom stereocenters. The molecule has 5 nitrogen and oxygen atoms in total. The van der Waals surface area contributed by atoms with Crippen LogP contribution in [0.3, 0.4) is 0 Å². The van der Waals surface area contributed by atoms with Crippen LogP contribution in [-0.4, -0.2) is 18.3 Å². The summed E-state index contributed by atoms with van der Waals surface area (Å²) in [4.78, 5) is 24.9. The van der Waals surface area contributed by atoms with Gasteiger partial charge in [0.15, 0.2) is 12.4 Å². The van der Waals surface area contributed by atoms with Gasteiger partial charge in [0.05, 0.1) is 5.56 Å². The number of nitrogens with one attached hydrogen (secondary N) is 1. The standard InChI is InChI=1S/C25H21NO4/c1-17-7-9-18(10-8-17)14-26-24(27)16-29-20-11-12-23-21(13-20)22(15-30-23)25(28)19-5-3-2-4-6-19/h2-13,15H,14,16H2,1H3,(H,26,27). The molecular formula is C25H21NO4. The maximum absolute atomic E-state index is 12.8. The summed E-state index contributed by atoms with van der Waals surface area (Å²) in [7, 11) is 0. The van der Waals surface area contributed by atoms with Crippen molar-refractivity contribution >= 4 is 22.7 Å². The van der Waals surface area contributed by atoms with Gasteiger partial charge in [-0.1, -0.05) is 60.2 Å². The van der Waals surface area contributed by atoms with Gasteiger partial charge in [-0.15, -0.1) is 0 Å². The topological polar surface area (TPSA) is 68.5 Å². The molecule has 1 N–H and O–H groups in total. The molecule has 0 saturated heterocycles. The van der Waals surface area contributed by atoms with E-state index in [1.807, 2.05) is 49.4 Å². The van der Waals surface area contributed by atoms with E-state index in [1.54, 1.807) is 30.3 Å². The molecule has 4 rings (SSSR count). The molecule has 0 bridgehead atoms. The van der Waals surface area contributed by atoms with Crippen molar-refractivity contribution in [2.45, 2.75) is 13.5 Å². The summed E-state index contributed by atoms with van der Waals surface area (Å²) in [6.07, 6.45) is 1.46. The first-order valence-corrected chi connectivity index (χ1v) is 9.66. The number of amides is 1. The Morgan fingerprint density at radius 1 is 0.967 bits per heavy atom. The van der Waals surface area contributed by atoms with Crippen LogP contribution in [-0.2, 0) is 11.3 Å². The fourth-order valence-electron chi connectivity index (χ4n) is 3.13. The molecule has 0 spiro atoms. The minimum atomic E-state index is -0.219. The zero-order valence-corrected chi connectivity index (χ0v) is 16.6. The predicted octanol–water partition coefficient (Wildman–Crippen LogP) is 4.67. The van der Waals surface area contributed by atoms with Crippen LogP contribution in [0.2, 0.25) is 0 Å². The largest absolute Gasteiger partial charge is 0.484 e. The highest BCUT2D eigenvalue weighted by Crippen LogP contribution is 2.27. The highest BCUT2D eigenvalue weighted by atomic mass is 16.5. The van der Waals surface area contributed by atoms with Gasteiger partial charge in [-0.25, -0.2) is 0 Å². The molecule has 150 valence electrons. The number of ketones is 1. The van der Waals surface area contributed by atoms with Crippen LogP contribution >= 0.6 is 0 Å². The van der Waals surface area contributed by atoms with Crippen LogP contribution in [0.4, 0.5) is 0 Å². The van der Waals surface area contributed by atoms with Crippen LogP contribution in [0.1, 0.15) is 27.0 Å². The first-order valence-electron chi connectivity index (χ1n) is 9.66. The van der Waals surface area contributed by atoms with E-state index in [0.29, 0.717) is 34.4 Å². The van der Waals surface area contributed by atoms with Crippen LogP contribution in [0.15, 0.2) is 83.5 Å². The molecule has 30 heavy (non-hydrogen) atoms. The third-order valence-corrected chi connectivity index (χ3v) is 4.81. The van der Waals surface area contributed by atoms with Crippen LogP contribution in [0, 0.1) is 6.92 Å². The number of hydrogen-bond donors (Lipinski definition) is 1. The van der Waals surface area contributed by atoms with E-state index in [0.717, 1.165) is 5.56 Å². The SMILES string of the molecule is Cc1ccc(CNC(=O)COc2ccc3occ(C(=O)c4ccccc4)c3c2)cc1. The molecule has 0 aliphatic heterocycles. The Hall–Kier alpha value is -3.86. The Morgan fingerprint density at radius 2 is 1.73 bits per heavy atom. The van der Waals surface area contributed by atoms with Crippen molar-refractivity contribution in [3.63, 3.8) is 0 Å². The Balaban J connectivity index is 1.41. The predicted molar refractivity (Wildman–Crippen MR) is 115 cm³/mol. The van der Waals surface area contributed by atoms with E-state index in [-0.39, 0.29) is 18.3 Å². The molecular weight excluding hydrogens is 378 g/mol. The minimum Gasteiger partial charge on any atom is -0.484 e. The van der Waals surface area contributed by atoms with Crippen LogP contribution < -0.4 is 10.1 Å². The van der Waals surface area contributed by atoms with E-state index >= 15 is 0 Å². The number of furan rings is 1. The monoisotopic (exact) mass is 399 g/mol. The number of benzene rings is 3. The Labute approximate surface area is 174 Å². The number of carbonyl (C=O) groups is 2. The van der Waals surface area contributed by atoms with Crippen molar-refractivity contribution in [3.8, 4) is 5.75 Å². The summed E-state index contributed by atoms with van der Waals surface area (Å²) in [6, 6.07) is 22.2. The normalized spacial score (nSPS) is 10.7. The lowest BCUT2D eigenvalue weighted by atomic mass is 10.0. The van der Waals surface area contributed by atoms with Gasteiger partial charge in [-0.3, -0.25) is 9.59 Å². The number of carbonyl (C=O) groups excluding carboxylic acids is 2. The molecule has 0 saturated carbocycles. The molecule has 1 amide bonds. The molecule has 1 heterocycles. The number of fused-ring (bicyclic) bond motifs is 1. The van der Waals surface area contributed by atoms with Crippen molar-refractivity contribution in [1.29, 1.82) is 0 Å². The second-order valence-electron chi connectivity index (χ2n) is 7.05. The smallest absolute Gasteiger partial charge is 0.258 e. The van der Waals surface area contributed by atoms with Gasteiger partial charge in [-0.05, 0) is 30.7 Å². The first kappa shape index (κ1) is 19.5. The summed E-state index contributed by atoms with van der Waals surface area (Å²) < 4.78 is 11.1. The lowest BCUT2D eigenvalue weighted by Gasteiger charge is -2.08. The van der Waals surface area contributed by atoms with Gasteiger partial charge in [0.2, 0.25) is 0 Å². The third-order valence-electron chi connectivity index (χ3n) is 4.81. The van der Waals surface area contributed by atoms with Gasteiger partial charge in [0.1, 0.15) is 17.6 Å². The average molecular weight is 399 g/mol. The van der Waals surface area contributed by atoms with Crippen LogP contribution in [0.25, 0.3) is 11.0 Å². The van der Waals surface area contributed by atoms with Crippen molar-refractivity contribution in [2.75, 3.05) is 6.61 Å². The summed E-state index contributed by atoms with van der Waals surface area (Å²) in [6.45, 7) is 2.35. The molecule has 4 aromatic rings. The van der Waals surface area contributed by atoms with E-state index < -0.39 is 0 Å².